The third-order valence-corrected chi connectivity index (χ3v) is 5.25. The fourth-order valence-electron chi connectivity index (χ4n) is 3.10. The zero-order valence-corrected chi connectivity index (χ0v) is 15.0. The zero-order valence-electron chi connectivity index (χ0n) is 14.2. The number of H-pyrrole nitrogens is 2. The molecule has 0 radical (unpaired) electrons. The Labute approximate surface area is 157 Å². The fourth-order valence-corrected chi connectivity index (χ4v) is 3.76. The average Bonchev–Trinajstić information content (AvgIpc) is 3.34. The summed E-state index contributed by atoms with van der Waals surface area (Å²) in [6, 6.07) is 17.9. The molecular weight excluding hydrogens is 358 g/mol. The number of aromatic amines is 2. The van der Waals surface area contributed by atoms with E-state index in [1.807, 2.05) is 60.0 Å². The molecule has 27 heavy (non-hydrogen) atoms. The minimum absolute atomic E-state index is 0.197. The first kappa shape index (κ1) is 15.8. The van der Waals surface area contributed by atoms with Gasteiger partial charge in [0.1, 0.15) is 5.82 Å². The van der Waals surface area contributed by atoms with Crippen molar-refractivity contribution in [2.75, 3.05) is 5.32 Å². The highest BCUT2D eigenvalue weighted by molar-refractivity contribution is 7.13. The molecular formula is C20H15N5OS. The molecule has 3 N–H and O–H groups in total. The predicted molar refractivity (Wildman–Crippen MR) is 109 cm³/mol. The molecule has 0 bridgehead atoms. The van der Waals surface area contributed by atoms with Gasteiger partial charge in [0.2, 0.25) is 0 Å². The summed E-state index contributed by atoms with van der Waals surface area (Å²) in [7, 11) is 0. The van der Waals surface area contributed by atoms with Crippen LogP contribution in [0.15, 0.2) is 64.8 Å². The molecule has 6 nitrogen and oxygen atoms in total. The number of fused-ring (bicyclic) bond motifs is 2. The summed E-state index contributed by atoms with van der Waals surface area (Å²) in [5, 5.41) is 6.43. The van der Waals surface area contributed by atoms with Crippen LogP contribution < -0.4 is 11.0 Å². The summed E-state index contributed by atoms with van der Waals surface area (Å²) in [5.41, 5.74) is 3.36. The number of hydrogen-bond donors (Lipinski definition) is 3. The summed E-state index contributed by atoms with van der Waals surface area (Å²) >= 11 is 1.62. The highest BCUT2D eigenvalue weighted by Crippen LogP contribution is 2.27. The lowest BCUT2D eigenvalue weighted by Gasteiger charge is -2.10. The molecule has 0 atom stereocenters. The smallest absolute Gasteiger partial charge is 0.323 e. The third kappa shape index (κ3) is 2.98. The van der Waals surface area contributed by atoms with Gasteiger partial charge in [0, 0.05) is 11.9 Å². The number of nitrogens with one attached hydrogen (secondary N) is 3. The number of thiophene rings is 1. The van der Waals surface area contributed by atoms with E-state index in [0.717, 1.165) is 44.0 Å². The van der Waals surface area contributed by atoms with E-state index in [4.69, 9.17) is 9.97 Å². The molecule has 2 aromatic carbocycles. The van der Waals surface area contributed by atoms with E-state index in [0.29, 0.717) is 6.54 Å². The van der Waals surface area contributed by atoms with Crippen LogP contribution in [0.4, 0.5) is 5.82 Å². The molecule has 0 aliphatic carbocycles. The van der Waals surface area contributed by atoms with Gasteiger partial charge in [-0.1, -0.05) is 24.3 Å². The molecule has 0 spiro atoms. The Morgan fingerprint density at radius 1 is 0.963 bits per heavy atom. The van der Waals surface area contributed by atoms with Crippen molar-refractivity contribution in [3.63, 3.8) is 0 Å². The molecule has 132 valence electrons. The minimum Gasteiger partial charge on any atom is -0.365 e. The summed E-state index contributed by atoms with van der Waals surface area (Å²) in [4.78, 5) is 27.5. The van der Waals surface area contributed by atoms with Gasteiger partial charge in [-0.25, -0.2) is 14.8 Å². The number of benzene rings is 2. The Morgan fingerprint density at radius 2 is 1.85 bits per heavy atom. The van der Waals surface area contributed by atoms with E-state index in [-0.39, 0.29) is 5.69 Å². The van der Waals surface area contributed by atoms with Gasteiger partial charge < -0.3 is 15.3 Å². The maximum absolute atomic E-state index is 11.4. The lowest BCUT2D eigenvalue weighted by atomic mass is 10.2. The summed E-state index contributed by atoms with van der Waals surface area (Å²) < 4.78 is 0. The quantitative estimate of drug-likeness (QED) is 0.442. The topological polar surface area (TPSA) is 86.5 Å². The van der Waals surface area contributed by atoms with Gasteiger partial charge in [0.25, 0.3) is 0 Å². The lowest BCUT2D eigenvalue weighted by Crippen LogP contribution is -2.04. The van der Waals surface area contributed by atoms with Crippen LogP contribution in [-0.4, -0.2) is 19.9 Å². The second-order valence-electron chi connectivity index (χ2n) is 6.20. The van der Waals surface area contributed by atoms with E-state index in [1.54, 1.807) is 11.3 Å². The van der Waals surface area contributed by atoms with Gasteiger partial charge in [-0.05, 0) is 41.3 Å². The first-order valence-electron chi connectivity index (χ1n) is 8.52. The second-order valence-corrected chi connectivity index (χ2v) is 7.15. The number of hydrogen-bond acceptors (Lipinski definition) is 5. The summed E-state index contributed by atoms with van der Waals surface area (Å²) in [6.45, 7) is 0.591. The number of aromatic nitrogens is 4. The number of imidazole rings is 1. The lowest BCUT2D eigenvalue weighted by molar-refractivity contribution is 1.11. The van der Waals surface area contributed by atoms with Gasteiger partial charge in [-0.15, -0.1) is 11.3 Å². The fraction of sp³-hybridized carbons (Fsp3) is 0.0500. The molecule has 3 heterocycles. The predicted octanol–water partition coefficient (Wildman–Crippen LogP) is 4.14. The van der Waals surface area contributed by atoms with Crippen LogP contribution in [0.25, 0.3) is 32.6 Å². The van der Waals surface area contributed by atoms with Crippen LogP contribution in [0.2, 0.25) is 0 Å². The Bertz CT molecular complexity index is 1300. The first-order chi connectivity index (χ1) is 13.3. The molecule has 0 fully saturated rings. The number of para-hydroxylation sites is 1. The Morgan fingerprint density at radius 3 is 2.74 bits per heavy atom. The molecule has 0 unspecified atom stereocenters. The number of nitrogens with zero attached hydrogens (tertiary/aromatic N) is 2. The first-order valence-corrected chi connectivity index (χ1v) is 9.40. The zero-order chi connectivity index (χ0) is 18.2. The van der Waals surface area contributed by atoms with E-state index < -0.39 is 0 Å². The molecule has 0 saturated carbocycles. The van der Waals surface area contributed by atoms with E-state index >= 15 is 0 Å². The number of anilines is 1. The maximum Gasteiger partial charge on any atom is 0.323 e. The van der Waals surface area contributed by atoms with Gasteiger partial charge in [0.15, 0.2) is 5.82 Å². The van der Waals surface area contributed by atoms with Crippen molar-refractivity contribution < 1.29 is 0 Å². The van der Waals surface area contributed by atoms with Crippen molar-refractivity contribution in [3.05, 3.63) is 76.0 Å². The van der Waals surface area contributed by atoms with E-state index in [9.17, 15) is 4.79 Å². The normalized spacial score (nSPS) is 11.3. The SMILES string of the molecule is O=c1[nH]c2ccc(CNc3nc(-c4cccs4)nc4ccccc34)cc2[nH]1. The largest absolute Gasteiger partial charge is 0.365 e. The molecule has 0 amide bonds. The molecule has 7 heteroatoms. The molecule has 3 aromatic heterocycles. The third-order valence-electron chi connectivity index (χ3n) is 4.39. The van der Waals surface area contributed by atoms with Gasteiger partial charge in [0.05, 0.1) is 21.4 Å². The molecule has 0 aliphatic rings. The Balaban J connectivity index is 1.52. The van der Waals surface area contributed by atoms with Crippen molar-refractivity contribution in [2.45, 2.75) is 6.54 Å². The Hall–Kier alpha value is -3.45. The molecule has 5 rings (SSSR count). The highest BCUT2D eigenvalue weighted by Gasteiger charge is 2.10. The van der Waals surface area contributed by atoms with Crippen molar-refractivity contribution in [2.24, 2.45) is 0 Å². The van der Waals surface area contributed by atoms with E-state index in [1.165, 1.54) is 0 Å². The minimum atomic E-state index is -0.197. The van der Waals surface area contributed by atoms with Gasteiger partial charge in [-0.2, -0.15) is 0 Å². The average molecular weight is 373 g/mol. The Kier molecular flexibility index (Phi) is 3.72. The monoisotopic (exact) mass is 373 g/mol. The van der Waals surface area contributed by atoms with Crippen molar-refractivity contribution >= 4 is 39.1 Å². The van der Waals surface area contributed by atoms with Crippen LogP contribution in [0.5, 0.6) is 0 Å². The van der Waals surface area contributed by atoms with Crippen LogP contribution in [-0.2, 0) is 6.54 Å². The second kappa shape index (κ2) is 6.37. The van der Waals surface area contributed by atoms with Crippen LogP contribution >= 0.6 is 11.3 Å². The van der Waals surface area contributed by atoms with Crippen molar-refractivity contribution in [1.82, 2.24) is 19.9 Å². The van der Waals surface area contributed by atoms with Crippen LogP contribution in [0.3, 0.4) is 0 Å². The van der Waals surface area contributed by atoms with Crippen molar-refractivity contribution in [1.29, 1.82) is 0 Å². The number of rotatable bonds is 4. The van der Waals surface area contributed by atoms with Crippen molar-refractivity contribution in [3.8, 4) is 10.7 Å². The molecule has 0 saturated heterocycles. The van der Waals surface area contributed by atoms with E-state index in [2.05, 4.69) is 15.3 Å². The van der Waals surface area contributed by atoms with Crippen LogP contribution in [0.1, 0.15) is 5.56 Å². The highest BCUT2D eigenvalue weighted by atomic mass is 32.1. The molecule has 5 aromatic rings. The van der Waals surface area contributed by atoms with Gasteiger partial charge >= 0.3 is 5.69 Å². The van der Waals surface area contributed by atoms with Crippen LogP contribution in [0, 0.1) is 0 Å². The molecule has 0 aliphatic heterocycles. The van der Waals surface area contributed by atoms with Gasteiger partial charge in [-0.3, -0.25) is 0 Å². The summed E-state index contributed by atoms with van der Waals surface area (Å²) in [6.07, 6.45) is 0. The standard InChI is InChI=1S/C20H15N5OS/c26-20-23-15-8-7-12(10-16(15)24-20)11-21-18-13-4-1-2-5-14(13)22-19(25-18)17-6-3-9-27-17/h1-10H,11H2,(H,21,22,25)(H2,23,24,26). The maximum atomic E-state index is 11.4. The summed E-state index contributed by atoms with van der Waals surface area (Å²) in [5.74, 6) is 1.52.